The van der Waals surface area contributed by atoms with E-state index >= 15 is 0 Å². The zero-order valence-electron chi connectivity index (χ0n) is 17.4. The number of morpholine rings is 1. The molecule has 0 spiro atoms. The standard InChI is InChI=1S/C23H24N6O2/c1-30-22-7-6-20(27-28-22)21-14-16-8-9-24-15-19(16)23(26-21)25-17-2-4-18(5-3-17)29-10-12-31-13-11-29/h2-7,9,14H,8,10-13,15H2,1H3,(H,25,26). The van der Waals surface area contributed by atoms with Crippen molar-refractivity contribution in [1.29, 1.82) is 0 Å². The quantitative estimate of drug-likeness (QED) is 0.683. The van der Waals surface area contributed by atoms with Gasteiger partial charge in [-0.1, -0.05) is 0 Å². The minimum absolute atomic E-state index is 0.479. The van der Waals surface area contributed by atoms with E-state index in [-0.39, 0.29) is 0 Å². The SMILES string of the molecule is COc1ccc(-c2cc3c(c(Nc4ccc(N5CCOCC5)cc4)n2)CN=CC3)nn1. The maximum absolute atomic E-state index is 5.45. The zero-order valence-corrected chi connectivity index (χ0v) is 17.4. The van der Waals surface area contributed by atoms with Gasteiger partial charge < -0.3 is 19.7 Å². The highest BCUT2D eigenvalue weighted by atomic mass is 16.5. The van der Waals surface area contributed by atoms with E-state index in [0.29, 0.717) is 18.1 Å². The summed E-state index contributed by atoms with van der Waals surface area (Å²) in [6, 6.07) is 14.2. The number of rotatable bonds is 5. The third kappa shape index (κ3) is 4.20. The van der Waals surface area contributed by atoms with E-state index in [4.69, 9.17) is 14.5 Å². The molecule has 0 radical (unpaired) electrons. The van der Waals surface area contributed by atoms with Gasteiger partial charge in [0.05, 0.1) is 32.6 Å². The number of nitrogens with zero attached hydrogens (tertiary/aromatic N) is 5. The lowest BCUT2D eigenvalue weighted by Crippen LogP contribution is -2.36. The van der Waals surface area contributed by atoms with Gasteiger partial charge in [0.1, 0.15) is 11.5 Å². The highest BCUT2D eigenvalue weighted by molar-refractivity contribution is 5.73. The van der Waals surface area contributed by atoms with Gasteiger partial charge in [0.25, 0.3) is 0 Å². The normalized spacial score (nSPS) is 15.5. The molecule has 2 aliphatic heterocycles. The molecule has 158 valence electrons. The molecule has 8 nitrogen and oxygen atoms in total. The van der Waals surface area contributed by atoms with Crippen molar-refractivity contribution in [3.8, 4) is 17.3 Å². The van der Waals surface area contributed by atoms with E-state index < -0.39 is 0 Å². The second-order valence-corrected chi connectivity index (χ2v) is 7.45. The molecule has 4 heterocycles. The Bertz CT molecular complexity index is 1080. The van der Waals surface area contributed by atoms with Crippen molar-refractivity contribution in [2.45, 2.75) is 13.0 Å². The van der Waals surface area contributed by atoms with Crippen molar-refractivity contribution in [3.63, 3.8) is 0 Å². The number of ether oxygens (including phenoxy) is 2. The summed E-state index contributed by atoms with van der Waals surface area (Å²) >= 11 is 0. The minimum atomic E-state index is 0.479. The molecule has 8 heteroatoms. The Kier molecular flexibility index (Phi) is 5.45. The highest BCUT2D eigenvalue weighted by Gasteiger charge is 2.17. The Labute approximate surface area is 181 Å². The second-order valence-electron chi connectivity index (χ2n) is 7.45. The molecule has 1 N–H and O–H groups in total. The Morgan fingerprint density at radius 1 is 1.00 bits per heavy atom. The smallest absolute Gasteiger partial charge is 0.233 e. The first-order chi connectivity index (χ1) is 15.3. The highest BCUT2D eigenvalue weighted by Crippen LogP contribution is 2.30. The van der Waals surface area contributed by atoms with E-state index in [2.05, 4.69) is 55.7 Å². The van der Waals surface area contributed by atoms with Gasteiger partial charge in [-0.2, -0.15) is 0 Å². The molecule has 0 aliphatic carbocycles. The summed E-state index contributed by atoms with van der Waals surface area (Å²) < 4.78 is 10.6. The lowest BCUT2D eigenvalue weighted by molar-refractivity contribution is 0.122. The summed E-state index contributed by atoms with van der Waals surface area (Å²) in [7, 11) is 1.58. The van der Waals surface area contributed by atoms with Gasteiger partial charge in [-0.3, -0.25) is 4.99 Å². The molecule has 0 bridgehead atoms. The van der Waals surface area contributed by atoms with Crippen LogP contribution in [-0.2, 0) is 17.7 Å². The van der Waals surface area contributed by atoms with Crippen LogP contribution in [0.4, 0.5) is 17.2 Å². The predicted molar refractivity (Wildman–Crippen MR) is 120 cm³/mol. The number of anilines is 3. The lowest BCUT2D eigenvalue weighted by Gasteiger charge is -2.29. The zero-order chi connectivity index (χ0) is 21.0. The summed E-state index contributed by atoms with van der Waals surface area (Å²) in [5, 5.41) is 11.8. The summed E-state index contributed by atoms with van der Waals surface area (Å²) in [5.74, 6) is 1.29. The molecule has 1 fully saturated rings. The largest absolute Gasteiger partial charge is 0.480 e. The molecule has 5 rings (SSSR count). The molecule has 0 saturated carbocycles. The van der Waals surface area contributed by atoms with Crippen LogP contribution in [-0.4, -0.2) is 54.8 Å². The van der Waals surface area contributed by atoms with E-state index in [1.807, 2.05) is 12.3 Å². The van der Waals surface area contributed by atoms with Gasteiger partial charge in [0, 0.05) is 48.7 Å². The Morgan fingerprint density at radius 3 is 2.58 bits per heavy atom. The number of aliphatic imine (C=N–C) groups is 1. The monoisotopic (exact) mass is 416 g/mol. The second kappa shape index (κ2) is 8.69. The van der Waals surface area contributed by atoms with Gasteiger partial charge in [0.2, 0.25) is 5.88 Å². The van der Waals surface area contributed by atoms with Crippen LogP contribution in [0.15, 0.2) is 47.5 Å². The number of benzene rings is 1. The number of hydrogen-bond donors (Lipinski definition) is 1. The third-order valence-electron chi connectivity index (χ3n) is 5.52. The fourth-order valence-corrected chi connectivity index (χ4v) is 3.82. The molecule has 2 aliphatic rings. The maximum atomic E-state index is 5.45. The van der Waals surface area contributed by atoms with Crippen molar-refractivity contribution in [1.82, 2.24) is 15.2 Å². The Balaban J connectivity index is 1.43. The molecule has 0 atom stereocenters. The van der Waals surface area contributed by atoms with Gasteiger partial charge in [0.15, 0.2) is 0 Å². The van der Waals surface area contributed by atoms with Crippen molar-refractivity contribution in [2.75, 3.05) is 43.6 Å². The number of pyridine rings is 1. The molecule has 3 aromatic rings. The summed E-state index contributed by atoms with van der Waals surface area (Å²) in [4.78, 5) is 11.7. The van der Waals surface area contributed by atoms with Crippen LogP contribution in [0.2, 0.25) is 0 Å². The van der Waals surface area contributed by atoms with Crippen LogP contribution < -0.4 is 15.0 Å². The summed E-state index contributed by atoms with van der Waals surface area (Å²) in [6.07, 6.45) is 2.73. The first-order valence-electron chi connectivity index (χ1n) is 10.4. The van der Waals surface area contributed by atoms with Gasteiger partial charge >= 0.3 is 0 Å². The topological polar surface area (TPSA) is 84.8 Å². The number of aromatic nitrogens is 3. The van der Waals surface area contributed by atoms with Crippen LogP contribution in [0.5, 0.6) is 5.88 Å². The summed E-state index contributed by atoms with van der Waals surface area (Å²) in [6.45, 7) is 4.01. The van der Waals surface area contributed by atoms with Crippen LogP contribution in [0, 0.1) is 0 Å². The van der Waals surface area contributed by atoms with Crippen LogP contribution in [0.25, 0.3) is 11.4 Å². The first-order valence-corrected chi connectivity index (χ1v) is 10.4. The van der Waals surface area contributed by atoms with Crippen LogP contribution in [0.3, 0.4) is 0 Å². The lowest BCUT2D eigenvalue weighted by atomic mass is 10.0. The predicted octanol–water partition coefficient (Wildman–Crippen LogP) is 3.25. The fraction of sp³-hybridized carbons (Fsp3) is 0.304. The molecular formula is C23H24N6O2. The van der Waals surface area contributed by atoms with Crippen molar-refractivity contribution in [2.24, 2.45) is 4.99 Å². The van der Waals surface area contributed by atoms with Gasteiger partial charge in [-0.05, 0) is 42.0 Å². The molecule has 0 unspecified atom stereocenters. The first kappa shape index (κ1) is 19.4. The fourth-order valence-electron chi connectivity index (χ4n) is 3.82. The number of methoxy groups -OCH3 is 1. The van der Waals surface area contributed by atoms with Crippen LogP contribution in [0.1, 0.15) is 11.1 Å². The third-order valence-corrected chi connectivity index (χ3v) is 5.52. The van der Waals surface area contributed by atoms with Crippen molar-refractivity contribution in [3.05, 3.63) is 53.6 Å². The number of hydrogen-bond acceptors (Lipinski definition) is 8. The molecule has 31 heavy (non-hydrogen) atoms. The number of fused-ring (bicyclic) bond motifs is 1. The average molecular weight is 416 g/mol. The van der Waals surface area contributed by atoms with Crippen molar-refractivity contribution >= 4 is 23.4 Å². The van der Waals surface area contributed by atoms with Crippen LogP contribution >= 0.6 is 0 Å². The van der Waals surface area contributed by atoms with E-state index in [9.17, 15) is 0 Å². The Morgan fingerprint density at radius 2 is 1.84 bits per heavy atom. The van der Waals surface area contributed by atoms with E-state index in [1.54, 1.807) is 13.2 Å². The molecule has 0 amide bonds. The van der Waals surface area contributed by atoms with Crippen molar-refractivity contribution < 1.29 is 9.47 Å². The van der Waals surface area contributed by atoms with E-state index in [1.165, 1.54) is 11.3 Å². The number of nitrogens with one attached hydrogen (secondary N) is 1. The average Bonchev–Trinajstić information content (AvgIpc) is 2.85. The van der Waals surface area contributed by atoms with Gasteiger partial charge in [-0.25, -0.2) is 4.98 Å². The van der Waals surface area contributed by atoms with Gasteiger partial charge in [-0.15, -0.1) is 10.2 Å². The minimum Gasteiger partial charge on any atom is -0.480 e. The maximum Gasteiger partial charge on any atom is 0.233 e. The molecular weight excluding hydrogens is 392 g/mol. The molecule has 1 aromatic carbocycles. The molecule has 2 aromatic heterocycles. The van der Waals surface area contributed by atoms with E-state index in [0.717, 1.165) is 55.5 Å². The summed E-state index contributed by atoms with van der Waals surface area (Å²) in [5.41, 5.74) is 5.98. The Hall–Kier alpha value is -3.52. The molecule has 1 saturated heterocycles.